The van der Waals surface area contributed by atoms with Gasteiger partial charge in [0.05, 0.1) is 5.60 Å². The second-order valence-electron chi connectivity index (χ2n) is 4.03. The van der Waals surface area contributed by atoms with Gasteiger partial charge in [-0.2, -0.15) is 0 Å². The summed E-state index contributed by atoms with van der Waals surface area (Å²) >= 11 is 0. The topological polar surface area (TPSA) is 61.4 Å². The third-order valence-corrected chi connectivity index (χ3v) is 2.24. The molecule has 1 amide bonds. The summed E-state index contributed by atoms with van der Waals surface area (Å²) in [5.74, 6) is 0.0444. The normalized spacial score (nSPS) is 13.8. The summed E-state index contributed by atoms with van der Waals surface area (Å²) in [5, 5.41) is 15.4. The molecule has 1 atom stereocenters. The van der Waals surface area contributed by atoms with E-state index < -0.39 is 5.60 Å². The van der Waals surface area contributed by atoms with Gasteiger partial charge in [0, 0.05) is 25.6 Å². The third kappa shape index (κ3) is 5.94. The quantitative estimate of drug-likeness (QED) is 0.579. The molecule has 14 heavy (non-hydrogen) atoms. The van der Waals surface area contributed by atoms with Crippen LogP contribution in [-0.4, -0.2) is 35.7 Å². The number of hydrogen-bond donors (Lipinski definition) is 3. The lowest BCUT2D eigenvalue weighted by molar-refractivity contribution is -0.121. The van der Waals surface area contributed by atoms with Crippen LogP contribution in [0.25, 0.3) is 0 Å². The first-order valence-corrected chi connectivity index (χ1v) is 5.10. The van der Waals surface area contributed by atoms with Crippen LogP contribution in [0.1, 0.15) is 34.1 Å². The molecule has 0 spiro atoms. The van der Waals surface area contributed by atoms with Crippen LogP contribution in [0.3, 0.4) is 0 Å². The minimum atomic E-state index is -0.749. The van der Waals surface area contributed by atoms with E-state index in [2.05, 4.69) is 10.6 Å². The van der Waals surface area contributed by atoms with E-state index in [1.54, 1.807) is 13.8 Å². The van der Waals surface area contributed by atoms with Crippen molar-refractivity contribution in [2.75, 3.05) is 13.1 Å². The van der Waals surface area contributed by atoms with Crippen molar-refractivity contribution in [3.63, 3.8) is 0 Å². The monoisotopic (exact) mass is 202 g/mol. The minimum Gasteiger partial charge on any atom is -0.389 e. The molecule has 0 aliphatic carbocycles. The van der Waals surface area contributed by atoms with Gasteiger partial charge in [-0.25, -0.2) is 0 Å². The molecule has 0 bridgehead atoms. The van der Waals surface area contributed by atoms with Crippen molar-refractivity contribution in [3.8, 4) is 0 Å². The lowest BCUT2D eigenvalue weighted by Crippen LogP contribution is -2.45. The molecular weight excluding hydrogens is 180 g/mol. The molecule has 0 radical (unpaired) electrons. The number of rotatable bonds is 6. The Hall–Kier alpha value is -0.610. The van der Waals surface area contributed by atoms with Gasteiger partial charge in [0.2, 0.25) is 5.91 Å². The predicted octanol–water partition coefficient (Wildman–Crippen LogP) is 0.262. The summed E-state index contributed by atoms with van der Waals surface area (Å²) in [6.07, 6.45) is 0.453. The second-order valence-corrected chi connectivity index (χ2v) is 4.03. The maximum atomic E-state index is 11.1. The van der Waals surface area contributed by atoms with Gasteiger partial charge in [-0.1, -0.05) is 0 Å². The van der Waals surface area contributed by atoms with E-state index in [-0.39, 0.29) is 11.9 Å². The Labute approximate surface area is 86.1 Å². The van der Waals surface area contributed by atoms with Gasteiger partial charge >= 0.3 is 0 Å². The van der Waals surface area contributed by atoms with Crippen molar-refractivity contribution in [3.05, 3.63) is 0 Å². The van der Waals surface area contributed by atoms with Crippen molar-refractivity contribution < 1.29 is 9.90 Å². The zero-order valence-electron chi connectivity index (χ0n) is 9.55. The number of amides is 1. The molecule has 0 aromatic heterocycles. The van der Waals surface area contributed by atoms with Gasteiger partial charge < -0.3 is 15.7 Å². The Morgan fingerprint density at radius 3 is 2.50 bits per heavy atom. The van der Waals surface area contributed by atoms with Gasteiger partial charge in [0.1, 0.15) is 0 Å². The zero-order chi connectivity index (χ0) is 11.2. The molecule has 0 aromatic rings. The first-order valence-electron chi connectivity index (χ1n) is 5.10. The van der Waals surface area contributed by atoms with Gasteiger partial charge in [0.25, 0.3) is 0 Å². The maximum Gasteiger partial charge on any atom is 0.221 e. The minimum absolute atomic E-state index is 0.0167. The average molecular weight is 202 g/mol. The zero-order valence-corrected chi connectivity index (χ0v) is 9.55. The van der Waals surface area contributed by atoms with E-state index in [9.17, 15) is 9.90 Å². The highest BCUT2D eigenvalue weighted by Gasteiger charge is 2.21. The van der Waals surface area contributed by atoms with Crippen LogP contribution >= 0.6 is 0 Å². The van der Waals surface area contributed by atoms with Gasteiger partial charge in [0.15, 0.2) is 0 Å². The molecule has 0 aliphatic rings. The van der Waals surface area contributed by atoms with Crippen LogP contribution in [0.2, 0.25) is 0 Å². The predicted molar refractivity (Wildman–Crippen MR) is 57.1 cm³/mol. The highest BCUT2D eigenvalue weighted by molar-refractivity contribution is 5.75. The summed E-state index contributed by atoms with van der Waals surface area (Å²) in [4.78, 5) is 11.1. The van der Waals surface area contributed by atoms with Crippen molar-refractivity contribution in [2.45, 2.75) is 45.8 Å². The van der Waals surface area contributed by atoms with E-state index in [0.717, 1.165) is 0 Å². The van der Waals surface area contributed by atoms with Crippen LogP contribution in [0.15, 0.2) is 0 Å². The van der Waals surface area contributed by atoms with E-state index in [4.69, 9.17) is 0 Å². The van der Waals surface area contributed by atoms with Crippen molar-refractivity contribution >= 4 is 5.91 Å². The van der Waals surface area contributed by atoms with Crippen LogP contribution in [0.4, 0.5) is 0 Å². The Kier molecular flexibility index (Phi) is 5.72. The molecule has 0 saturated heterocycles. The highest BCUT2D eigenvalue weighted by Crippen LogP contribution is 2.06. The molecule has 0 aromatic carbocycles. The molecule has 1 unspecified atom stereocenters. The van der Waals surface area contributed by atoms with Crippen LogP contribution in [-0.2, 0) is 4.79 Å². The average Bonchev–Trinajstić information content (AvgIpc) is 2.02. The molecular formula is C10H22N2O2. The summed E-state index contributed by atoms with van der Waals surface area (Å²) in [6.45, 7) is 8.55. The highest BCUT2D eigenvalue weighted by atomic mass is 16.3. The lowest BCUT2D eigenvalue weighted by atomic mass is 10.0. The van der Waals surface area contributed by atoms with E-state index in [1.807, 2.05) is 13.8 Å². The standard InChI is InChI=1S/C10H22N2O2/c1-5-11-9(13)6-7-12-8(2)10(3,4)14/h8,12,14H,5-7H2,1-4H3,(H,11,13). The van der Waals surface area contributed by atoms with Gasteiger partial charge in [-0.05, 0) is 27.7 Å². The molecule has 3 N–H and O–H groups in total. The number of carbonyl (C=O) groups is 1. The molecule has 0 rings (SSSR count). The van der Waals surface area contributed by atoms with Crippen molar-refractivity contribution in [2.24, 2.45) is 0 Å². The number of carbonyl (C=O) groups excluding carboxylic acids is 1. The summed E-state index contributed by atoms with van der Waals surface area (Å²) < 4.78 is 0. The van der Waals surface area contributed by atoms with Gasteiger partial charge in [-0.15, -0.1) is 0 Å². The number of hydrogen-bond acceptors (Lipinski definition) is 3. The van der Waals surface area contributed by atoms with E-state index in [0.29, 0.717) is 19.5 Å². The van der Waals surface area contributed by atoms with E-state index in [1.165, 1.54) is 0 Å². The van der Waals surface area contributed by atoms with Crippen LogP contribution < -0.4 is 10.6 Å². The SMILES string of the molecule is CCNC(=O)CCNC(C)C(C)(C)O. The summed E-state index contributed by atoms with van der Waals surface area (Å²) in [6, 6.07) is -0.0167. The molecule has 4 nitrogen and oxygen atoms in total. The second kappa shape index (κ2) is 5.98. The molecule has 0 heterocycles. The summed E-state index contributed by atoms with van der Waals surface area (Å²) in [7, 11) is 0. The Bertz CT molecular complexity index is 175. The Morgan fingerprint density at radius 2 is 2.07 bits per heavy atom. The number of aliphatic hydroxyl groups is 1. The fourth-order valence-corrected chi connectivity index (χ4v) is 0.938. The smallest absolute Gasteiger partial charge is 0.221 e. The number of nitrogens with one attached hydrogen (secondary N) is 2. The fourth-order valence-electron chi connectivity index (χ4n) is 0.938. The van der Waals surface area contributed by atoms with E-state index >= 15 is 0 Å². The van der Waals surface area contributed by atoms with Crippen LogP contribution in [0, 0.1) is 0 Å². The first-order chi connectivity index (χ1) is 6.38. The Morgan fingerprint density at radius 1 is 1.50 bits per heavy atom. The van der Waals surface area contributed by atoms with Crippen LogP contribution in [0.5, 0.6) is 0 Å². The maximum absolute atomic E-state index is 11.1. The lowest BCUT2D eigenvalue weighted by Gasteiger charge is -2.26. The largest absolute Gasteiger partial charge is 0.389 e. The molecule has 84 valence electrons. The molecule has 0 aliphatic heterocycles. The first kappa shape index (κ1) is 13.4. The van der Waals surface area contributed by atoms with Gasteiger partial charge in [-0.3, -0.25) is 4.79 Å². The molecule has 4 heteroatoms. The molecule has 0 fully saturated rings. The fraction of sp³-hybridized carbons (Fsp3) is 0.900. The third-order valence-electron chi connectivity index (χ3n) is 2.24. The summed E-state index contributed by atoms with van der Waals surface area (Å²) in [5.41, 5.74) is -0.749. The van der Waals surface area contributed by atoms with Crippen molar-refractivity contribution in [1.29, 1.82) is 0 Å². The Balaban J connectivity index is 3.59. The molecule has 0 saturated carbocycles. The van der Waals surface area contributed by atoms with Crippen molar-refractivity contribution in [1.82, 2.24) is 10.6 Å².